The molecule has 0 heterocycles. The molecule has 0 bridgehead atoms. The van der Waals surface area contributed by atoms with Crippen molar-refractivity contribution in [2.45, 2.75) is 26.2 Å². The van der Waals surface area contributed by atoms with Gasteiger partial charge in [-0.2, -0.15) is 0 Å². The summed E-state index contributed by atoms with van der Waals surface area (Å²) in [5.41, 5.74) is 16.1. The van der Waals surface area contributed by atoms with E-state index < -0.39 is 0 Å². The Labute approximate surface area is 173 Å². The highest BCUT2D eigenvalue weighted by atomic mass is 14.6. The minimum absolute atomic E-state index is 0.0332. The van der Waals surface area contributed by atoms with Gasteiger partial charge in [-0.1, -0.05) is 104 Å². The Morgan fingerprint density at radius 3 is 1.83 bits per heavy atom. The van der Waals surface area contributed by atoms with E-state index in [2.05, 4.69) is 81.4 Å². The van der Waals surface area contributed by atoms with Crippen LogP contribution >= 0.6 is 0 Å². The highest BCUT2D eigenvalue weighted by Crippen LogP contribution is 2.49. The number of anilines is 1. The molecule has 0 amide bonds. The summed E-state index contributed by atoms with van der Waals surface area (Å²) < 4.78 is 0. The monoisotopic (exact) mass is 377 g/mol. The second-order valence-electron chi connectivity index (χ2n) is 8.17. The van der Waals surface area contributed by atoms with Crippen LogP contribution in [-0.4, -0.2) is 0 Å². The number of nitrogen functional groups attached to an aromatic ring is 1. The van der Waals surface area contributed by atoms with E-state index in [1.165, 1.54) is 33.4 Å². The van der Waals surface area contributed by atoms with Crippen molar-refractivity contribution in [2.24, 2.45) is 0 Å². The van der Waals surface area contributed by atoms with Gasteiger partial charge in [-0.05, 0) is 46.9 Å². The Hall–Kier alpha value is -3.32. The highest BCUT2D eigenvalue weighted by Gasteiger charge is 2.35. The average molecular weight is 378 g/mol. The molecule has 1 nitrogen and oxygen atoms in total. The molecular formula is C28H27N. The number of rotatable bonds is 1. The van der Waals surface area contributed by atoms with Crippen LogP contribution in [0.25, 0.3) is 22.3 Å². The van der Waals surface area contributed by atoms with Crippen molar-refractivity contribution >= 4 is 5.69 Å². The minimum atomic E-state index is 0.0332. The first-order chi connectivity index (χ1) is 14.0. The summed E-state index contributed by atoms with van der Waals surface area (Å²) in [5.74, 6) is 0. The minimum Gasteiger partial charge on any atom is -0.398 e. The zero-order chi connectivity index (χ0) is 20.4. The predicted molar refractivity (Wildman–Crippen MR) is 125 cm³/mol. The van der Waals surface area contributed by atoms with Crippen molar-refractivity contribution < 1.29 is 0 Å². The normalized spacial score (nSPS) is 13.1. The average Bonchev–Trinajstić information content (AvgIpc) is 2.97. The van der Waals surface area contributed by atoms with Gasteiger partial charge in [0.25, 0.3) is 0 Å². The van der Waals surface area contributed by atoms with E-state index in [4.69, 9.17) is 5.73 Å². The molecule has 1 aliphatic carbocycles. The van der Waals surface area contributed by atoms with Crippen LogP contribution in [0.3, 0.4) is 0 Å². The molecule has 0 atom stereocenters. The number of hydrogen-bond acceptors (Lipinski definition) is 1. The van der Waals surface area contributed by atoms with Crippen molar-refractivity contribution in [2.75, 3.05) is 5.73 Å². The summed E-state index contributed by atoms with van der Waals surface area (Å²) in [5, 5.41) is 0. The maximum absolute atomic E-state index is 6.15. The first-order valence-electron chi connectivity index (χ1n) is 10.1. The van der Waals surface area contributed by atoms with Gasteiger partial charge in [0.2, 0.25) is 0 Å². The van der Waals surface area contributed by atoms with Crippen LogP contribution in [0, 0.1) is 6.92 Å². The van der Waals surface area contributed by atoms with Gasteiger partial charge >= 0.3 is 0 Å². The largest absolute Gasteiger partial charge is 0.398 e. The van der Waals surface area contributed by atoms with Gasteiger partial charge in [0.05, 0.1) is 0 Å². The molecule has 0 aromatic heterocycles. The van der Waals surface area contributed by atoms with E-state index in [1.54, 1.807) is 0 Å². The molecule has 0 unspecified atom stereocenters. The Morgan fingerprint density at radius 2 is 1.17 bits per heavy atom. The molecule has 4 aromatic rings. The molecule has 4 aromatic carbocycles. The van der Waals surface area contributed by atoms with Crippen molar-refractivity contribution in [1.29, 1.82) is 0 Å². The van der Waals surface area contributed by atoms with E-state index in [1.807, 2.05) is 36.4 Å². The van der Waals surface area contributed by atoms with Crippen LogP contribution in [0.15, 0.2) is 97.1 Å². The third kappa shape index (κ3) is 3.56. The maximum atomic E-state index is 6.15. The summed E-state index contributed by atoms with van der Waals surface area (Å²) in [6, 6.07) is 33.8. The third-order valence-electron chi connectivity index (χ3n) is 5.80. The molecule has 144 valence electrons. The number of aryl methyl sites for hydroxylation is 1. The van der Waals surface area contributed by atoms with Crippen LogP contribution < -0.4 is 5.73 Å². The van der Waals surface area contributed by atoms with E-state index >= 15 is 0 Å². The molecule has 0 saturated carbocycles. The van der Waals surface area contributed by atoms with Gasteiger partial charge in [-0.3, -0.25) is 0 Å². The lowest BCUT2D eigenvalue weighted by atomic mass is 9.81. The Morgan fingerprint density at radius 1 is 0.586 bits per heavy atom. The molecule has 0 radical (unpaired) electrons. The van der Waals surface area contributed by atoms with E-state index in [0.29, 0.717) is 0 Å². The highest BCUT2D eigenvalue weighted by molar-refractivity contribution is 5.85. The molecular weight excluding hydrogens is 350 g/mol. The second-order valence-corrected chi connectivity index (χ2v) is 8.17. The van der Waals surface area contributed by atoms with Crippen LogP contribution in [0.5, 0.6) is 0 Å². The number of hydrogen-bond donors (Lipinski definition) is 1. The molecule has 5 rings (SSSR count). The van der Waals surface area contributed by atoms with Crippen molar-refractivity contribution in [1.82, 2.24) is 0 Å². The van der Waals surface area contributed by atoms with Crippen LogP contribution in [-0.2, 0) is 5.41 Å². The summed E-state index contributed by atoms with van der Waals surface area (Å²) >= 11 is 0. The predicted octanol–water partition coefficient (Wildman–Crippen LogP) is 7.24. The van der Waals surface area contributed by atoms with Crippen molar-refractivity contribution in [3.8, 4) is 22.3 Å². The first-order valence-corrected chi connectivity index (χ1v) is 10.1. The lowest BCUT2D eigenvalue weighted by molar-refractivity contribution is 0.660. The summed E-state index contributed by atoms with van der Waals surface area (Å²) in [7, 11) is 0. The molecule has 0 fully saturated rings. The lowest BCUT2D eigenvalue weighted by Gasteiger charge is -2.22. The standard InChI is InChI=1S/C21H19N.C7H8/c1-21(2)18-9-5-3-8-16(18)17-12-11-14(13-19(17)21)15-7-4-6-10-20(15)22;1-7-5-3-2-4-6-7/h3-13H,22H2,1-2H3;2-6H,1H3. The summed E-state index contributed by atoms with van der Waals surface area (Å²) in [6.07, 6.45) is 0. The number of fused-ring (bicyclic) bond motifs is 3. The van der Waals surface area contributed by atoms with E-state index in [9.17, 15) is 0 Å². The van der Waals surface area contributed by atoms with Gasteiger partial charge in [0.15, 0.2) is 0 Å². The van der Waals surface area contributed by atoms with Gasteiger partial charge in [0, 0.05) is 16.7 Å². The Kier molecular flexibility index (Phi) is 4.98. The van der Waals surface area contributed by atoms with Crippen LogP contribution in [0.2, 0.25) is 0 Å². The fourth-order valence-electron chi connectivity index (χ4n) is 4.17. The lowest BCUT2D eigenvalue weighted by Crippen LogP contribution is -2.14. The fraction of sp³-hybridized carbons (Fsp3) is 0.143. The molecule has 0 saturated heterocycles. The van der Waals surface area contributed by atoms with Crippen molar-refractivity contribution in [3.05, 3.63) is 114 Å². The molecule has 1 aliphatic rings. The quantitative estimate of drug-likeness (QED) is 0.348. The van der Waals surface area contributed by atoms with Gasteiger partial charge < -0.3 is 5.73 Å². The first kappa shape index (κ1) is 19.0. The molecule has 0 spiro atoms. The Bertz CT molecular complexity index is 1140. The van der Waals surface area contributed by atoms with Gasteiger partial charge in [-0.15, -0.1) is 0 Å². The summed E-state index contributed by atoms with van der Waals surface area (Å²) in [4.78, 5) is 0. The zero-order valence-corrected chi connectivity index (χ0v) is 17.3. The smallest absolute Gasteiger partial charge is 0.0393 e. The Balaban J connectivity index is 0.000000249. The molecule has 1 heteroatoms. The summed E-state index contributed by atoms with van der Waals surface area (Å²) in [6.45, 7) is 6.69. The number of para-hydroxylation sites is 1. The second kappa shape index (κ2) is 7.60. The van der Waals surface area contributed by atoms with Gasteiger partial charge in [-0.25, -0.2) is 0 Å². The number of nitrogens with two attached hydrogens (primary N) is 1. The molecule has 2 N–H and O–H groups in total. The van der Waals surface area contributed by atoms with Crippen molar-refractivity contribution in [3.63, 3.8) is 0 Å². The van der Waals surface area contributed by atoms with Crippen LogP contribution in [0.4, 0.5) is 5.69 Å². The zero-order valence-electron chi connectivity index (χ0n) is 17.3. The maximum Gasteiger partial charge on any atom is 0.0393 e. The molecule has 29 heavy (non-hydrogen) atoms. The van der Waals surface area contributed by atoms with Gasteiger partial charge in [0.1, 0.15) is 0 Å². The van der Waals surface area contributed by atoms with Crippen LogP contribution in [0.1, 0.15) is 30.5 Å². The van der Waals surface area contributed by atoms with E-state index in [0.717, 1.165) is 11.3 Å². The fourth-order valence-corrected chi connectivity index (χ4v) is 4.17. The molecule has 0 aliphatic heterocycles. The number of benzene rings is 4. The SMILES string of the molecule is CC1(C)c2ccccc2-c2ccc(-c3ccccc3N)cc21.Cc1ccccc1. The third-order valence-corrected chi connectivity index (χ3v) is 5.80. The topological polar surface area (TPSA) is 26.0 Å². The van der Waals surface area contributed by atoms with E-state index in [-0.39, 0.29) is 5.41 Å².